The van der Waals surface area contributed by atoms with Crippen molar-refractivity contribution in [3.05, 3.63) is 289 Å². The highest BCUT2D eigenvalue weighted by atomic mass is 15.0. The molecule has 0 unspecified atom stereocenters. The molecule has 2 aliphatic rings. The number of benzene rings is 14. The minimum absolute atomic E-state index is 0.157. The van der Waals surface area contributed by atoms with Crippen molar-refractivity contribution in [3.63, 3.8) is 0 Å². The average Bonchev–Trinajstić information content (AvgIpc) is 1.26. The number of para-hydroxylation sites is 4. The van der Waals surface area contributed by atoms with Crippen molar-refractivity contribution >= 4 is 86.7 Å². The molecule has 0 saturated heterocycles. The number of aromatic nitrogens is 2. The Hall–Kier alpha value is -10.3. The molecular formula is C86H64N2. The first-order valence-corrected chi connectivity index (χ1v) is 31.9. The van der Waals surface area contributed by atoms with Crippen LogP contribution in [-0.4, -0.2) is 9.13 Å². The van der Waals surface area contributed by atoms with Crippen LogP contribution < -0.4 is 0 Å². The van der Waals surface area contributed by atoms with Crippen LogP contribution in [-0.2, 0) is 10.8 Å². The molecule has 16 aromatic rings. The Kier molecular flexibility index (Phi) is 11.1. The highest BCUT2D eigenvalue weighted by molar-refractivity contribution is 6.30. The Bertz CT molecular complexity index is 5070. The molecule has 88 heavy (non-hydrogen) atoms. The molecule has 2 aromatic heterocycles. The van der Waals surface area contributed by atoms with Crippen LogP contribution in [0, 0.1) is 0 Å². The fourth-order valence-corrected chi connectivity index (χ4v) is 17.4. The SMILES string of the molecule is CCC1(CC)c2cc(-c3c4ccccc4c(-c4c5ccccc5c(-c5ccc6c(c5)C(CC)(CC)c5cc(-n7c8ccccc8c8ccccc87)ccc5-6)c5ccccc45)c4ccccc34)ccc2-c2ccc(-n3c4ccccc4c4ccccc43)cc21. The number of rotatable bonds is 9. The quantitative estimate of drug-likeness (QED) is 0.128. The van der Waals surface area contributed by atoms with Crippen LogP contribution >= 0.6 is 0 Å². The lowest BCUT2D eigenvalue weighted by Gasteiger charge is -2.30. The molecule has 0 saturated carbocycles. The number of hydrogen-bond donors (Lipinski definition) is 0. The summed E-state index contributed by atoms with van der Waals surface area (Å²) in [5.41, 5.74) is 25.9. The lowest BCUT2D eigenvalue weighted by molar-refractivity contribution is 0.490. The van der Waals surface area contributed by atoms with E-state index in [4.69, 9.17) is 0 Å². The zero-order valence-electron chi connectivity index (χ0n) is 50.1. The molecule has 0 spiro atoms. The Morgan fingerprint density at radius 3 is 0.727 bits per heavy atom. The van der Waals surface area contributed by atoms with Crippen LogP contribution in [0.4, 0.5) is 0 Å². The van der Waals surface area contributed by atoms with E-state index in [1.165, 1.54) is 176 Å². The van der Waals surface area contributed by atoms with Gasteiger partial charge in [-0.2, -0.15) is 0 Å². The summed E-state index contributed by atoms with van der Waals surface area (Å²) in [5, 5.41) is 15.3. The van der Waals surface area contributed by atoms with E-state index < -0.39 is 0 Å². The summed E-state index contributed by atoms with van der Waals surface area (Å²) >= 11 is 0. The van der Waals surface area contributed by atoms with Crippen LogP contribution in [0.15, 0.2) is 267 Å². The molecule has 0 amide bonds. The summed E-state index contributed by atoms with van der Waals surface area (Å²) in [4.78, 5) is 0. The topological polar surface area (TPSA) is 9.86 Å². The number of fused-ring (bicyclic) bond motifs is 16. The lowest BCUT2D eigenvalue weighted by Crippen LogP contribution is -2.23. The molecule has 2 aliphatic carbocycles. The Morgan fingerprint density at radius 1 is 0.227 bits per heavy atom. The van der Waals surface area contributed by atoms with Crippen LogP contribution in [0.5, 0.6) is 0 Å². The van der Waals surface area contributed by atoms with Crippen LogP contribution in [0.25, 0.3) is 154 Å². The van der Waals surface area contributed by atoms with Crippen molar-refractivity contribution in [2.45, 2.75) is 64.2 Å². The van der Waals surface area contributed by atoms with Gasteiger partial charge in [0.25, 0.3) is 0 Å². The van der Waals surface area contributed by atoms with Crippen molar-refractivity contribution in [1.82, 2.24) is 9.13 Å². The van der Waals surface area contributed by atoms with E-state index in [2.05, 4.69) is 304 Å². The molecule has 0 fully saturated rings. The van der Waals surface area contributed by atoms with Gasteiger partial charge in [-0.05, 0) is 207 Å². The fraction of sp³-hybridized carbons (Fsp3) is 0.116. The molecule has 2 nitrogen and oxygen atoms in total. The predicted octanol–water partition coefficient (Wildman–Crippen LogP) is 23.7. The lowest BCUT2D eigenvalue weighted by atomic mass is 9.73. The summed E-state index contributed by atoms with van der Waals surface area (Å²) in [6.45, 7) is 9.60. The molecule has 418 valence electrons. The minimum atomic E-state index is -0.157. The van der Waals surface area contributed by atoms with E-state index in [0.29, 0.717) is 0 Å². The van der Waals surface area contributed by atoms with Gasteiger partial charge in [-0.15, -0.1) is 0 Å². The first-order valence-electron chi connectivity index (χ1n) is 31.9. The second-order valence-electron chi connectivity index (χ2n) is 25.0. The summed E-state index contributed by atoms with van der Waals surface area (Å²) in [6.07, 6.45) is 4.01. The third-order valence-corrected chi connectivity index (χ3v) is 21.5. The molecule has 18 rings (SSSR count). The van der Waals surface area contributed by atoms with Gasteiger partial charge in [-0.3, -0.25) is 0 Å². The van der Waals surface area contributed by atoms with Gasteiger partial charge in [0.1, 0.15) is 0 Å². The van der Waals surface area contributed by atoms with Crippen molar-refractivity contribution in [1.29, 1.82) is 0 Å². The third kappa shape index (κ3) is 6.78. The molecule has 2 heterocycles. The summed E-state index contributed by atoms with van der Waals surface area (Å²) in [7, 11) is 0. The van der Waals surface area contributed by atoms with Gasteiger partial charge >= 0.3 is 0 Å². The van der Waals surface area contributed by atoms with Gasteiger partial charge in [0.2, 0.25) is 0 Å². The van der Waals surface area contributed by atoms with Gasteiger partial charge in [0.05, 0.1) is 22.1 Å². The zero-order chi connectivity index (χ0) is 58.6. The van der Waals surface area contributed by atoms with E-state index >= 15 is 0 Å². The van der Waals surface area contributed by atoms with Crippen molar-refractivity contribution in [2.75, 3.05) is 0 Å². The molecule has 2 heteroatoms. The smallest absolute Gasteiger partial charge is 0.0541 e. The Morgan fingerprint density at radius 2 is 0.455 bits per heavy atom. The van der Waals surface area contributed by atoms with E-state index in [1.807, 2.05) is 0 Å². The van der Waals surface area contributed by atoms with Crippen LogP contribution in [0.1, 0.15) is 75.6 Å². The first kappa shape index (κ1) is 51.0. The van der Waals surface area contributed by atoms with E-state index in [0.717, 1.165) is 25.7 Å². The van der Waals surface area contributed by atoms with Gasteiger partial charge in [-0.1, -0.05) is 234 Å². The van der Waals surface area contributed by atoms with Gasteiger partial charge in [0, 0.05) is 43.7 Å². The Labute approximate surface area is 513 Å². The highest BCUT2D eigenvalue weighted by Crippen LogP contribution is 2.58. The molecule has 0 atom stereocenters. The third-order valence-electron chi connectivity index (χ3n) is 21.5. The minimum Gasteiger partial charge on any atom is -0.309 e. The molecular weight excluding hydrogens is 1060 g/mol. The second kappa shape index (κ2) is 19.1. The zero-order valence-corrected chi connectivity index (χ0v) is 50.1. The average molecular weight is 1130 g/mol. The molecule has 0 N–H and O–H groups in total. The standard InChI is InChI=1S/C86H64N2/c1-5-85(6-2)73-49-53(41-45-57(73)59-47-43-55(51-75(59)85)87-77-37-21-17-25-61(77)62-26-18-22-38-78(62)87)81-65-29-9-13-33-69(65)83(70-34-14-10-30-66(70)81)84-71-35-15-11-31-67(71)82(68-32-12-16-36-72(68)84)54-42-46-58-60-48-44-56(52-76(60)86(7-3,8-4)74(58)50-54)88-79-39-23-19-27-63(79)64-28-20-24-40-80(64)88/h9-52H,5-8H2,1-4H3. The molecule has 14 aromatic carbocycles. The van der Waals surface area contributed by atoms with Crippen molar-refractivity contribution in [3.8, 4) is 67.0 Å². The van der Waals surface area contributed by atoms with Crippen molar-refractivity contribution in [2.24, 2.45) is 0 Å². The van der Waals surface area contributed by atoms with Crippen LogP contribution in [0.2, 0.25) is 0 Å². The fourth-order valence-electron chi connectivity index (χ4n) is 17.4. The summed E-state index contributed by atoms with van der Waals surface area (Å²) < 4.78 is 4.96. The highest BCUT2D eigenvalue weighted by Gasteiger charge is 2.43. The van der Waals surface area contributed by atoms with E-state index in [1.54, 1.807) is 0 Å². The summed E-state index contributed by atoms with van der Waals surface area (Å²) in [5.74, 6) is 0. The largest absolute Gasteiger partial charge is 0.309 e. The number of hydrogen-bond acceptors (Lipinski definition) is 0. The van der Waals surface area contributed by atoms with E-state index in [9.17, 15) is 0 Å². The second-order valence-corrected chi connectivity index (χ2v) is 25.0. The maximum atomic E-state index is 2.58. The van der Waals surface area contributed by atoms with Gasteiger partial charge in [0.15, 0.2) is 0 Å². The predicted molar refractivity (Wildman–Crippen MR) is 375 cm³/mol. The molecule has 0 aliphatic heterocycles. The Balaban J connectivity index is 0.798. The molecule has 0 bridgehead atoms. The van der Waals surface area contributed by atoms with Gasteiger partial charge in [-0.25, -0.2) is 0 Å². The van der Waals surface area contributed by atoms with Gasteiger partial charge < -0.3 is 9.13 Å². The van der Waals surface area contributed by atoms with E-state index in [-0.39, 0.29) is 10.8 Å². The number of nitrogens with zero attached hydrogens (tertiary/aromatic N) is 2. The van der Waals surface area contributed by atoms with Crippen LogP contribution in [0.3, 0.4) is 0 Å². The first-order chi connectivity index (χ1) is 43.5. The normalized spacial score (nSPS) is 13.8. The maximum Gasteiger partial charge on any atom is 0.0541 e. The monoisotopic (exact) mass is 1120 g/mol. The summed E-state index contributed by atoms with van der Waals surface area (Å²) in [6, 6.07) is 102. The molecule has 0 radical (unpaired) electrons. The maximum absolute atomic E-state index is 2.58. The van der Waals surface area contributed by atoms with Crippen molar-refractivity contribution < 1.29 is 0 Å².